The number of carbonyl (C=O) groups is 1. The van der Waals surface area contributed by atoms with Crippen molar-refractivity contribution < 1.29 is 4.79 Å². The van der Waals surface area contributed by atoms with E-state index in [1.54, 1.807) is 27.7 Å². The van der Waals surface area contributed by atoms with E-state index in [-0.39, 0.29) is 5.91 Å². The second-order valence-corrected chi connectivity index (χ2v) is 6.91. The third-order valence-electron chi connectivity index (χ3n) is 3.92. The van der Waals surface area contributed by atoms with Gasteiger partial charge in [0, 0.05) is 18.4 Å². The summed E-state index contributed by atoms with van der Waals surface area (Å²) in [7, 11) is 0. The molecule has 1 aromatic carbocycles. The molecule has 3 aromatic rings. The van der Waals surface area contributed by atoms with Crippen molar-refractivity contribution in [2.45, 2.75) is 26.9 Å². The average molecular weight is 413 g/mol. The van der Waals surface area contributed by atoms with Crippen molar-refractivity contribution >= 4 is 46.5 Å². The molecule has 9 heteroatoms. The molecule has 0 atom stereocenters. The van der Waals surface area contributed by atoms with Crippen molar-refractivity contribution in [2.75, 3.05) is 5.32 Å². The molecule has 1 amide bonds. The first-order valence-corrected chi connectivity index (χ1v) is 9.03. The van der Waals surface area contributed by atoms with Gasteiger partial charge < -0.3 is 5.32 Å². The summed E-state index contributed by atoms with van der Waals surface area (Å²) in [5, 5.41) is 12.5. The molecule has 136 valence electrons. The fraction of sp³-hybridized carbons (Fsp3) is 0.235. The van der Waals surface area contributed by atoms with Crippen LogP contribution in [0.4, 0.5) is 5.82 Å². The van der Waals surface area contributed by atoms with E-state index >= 15 is 0 Å². The smallest absolute Gasteiger partial charge is 0.260 e. The molecule has 0 spiro atoms. The molecule has 1 N–H and O–H groups in total. The number of anilines is 1. The molecular formula is C17H16Cl3N5O. The van der Waals surface area contributed by atoms with Crippen molar-refractivity contribution in [3.8, 4) is 0 Å². The zero-order valence-electron chi connectivity index (χ0n) is 14.1. The van der Waals surface area contributed by atoms with Crippen LogP contribution in [-0.4, -0.2) is 25.5 Å². The van der Waals surface area contributed by atoms with Gasteiger partial charge in [-0.1, -0.05) is 40.9 Å². The summed E-state index contributed by atoms with van der Waals surface area (Å²) < 4.78 is 3.37. The third-order valence-corrected chi connectivity index (χ3v) is 4.94. The minimum absolute atomic E-state index is 0.292. The number of benzene rings is 1. The maximum atomic E-state index is 12.5. The van der Waals surface area contributed by atoms with Crippen LogP contribution in [0.3, 0.4) is 0 Å². The van der Waals surface area contributed by atoms with Crippen molar-refractivity contribution in [1.29, 1.82) is 0 Å². The highest BCUT2D eigenvalue weighted by molar-refractivity contribution is 6.42. The van der Waals surface area contributed by atoms with Gasteiger partial charge in [-0.2, -0.15) is 10.2 Å². The Kier molecular flexibility index (Phi) is 5.55. The second kappa shape index (κ2) is 7.70. The van der Waals surface area contributed by atoms with Gasteiger partial charge in [0.25, 0.3) is 5.91 Å². The van der Waals surface area contributed by atoms with Crippen LogP contribution in [0.15, 0.2) is 30.6 Å². The van der Waals surface area contributed by atoms with Gasteiger partial charge in [-0.25, -0.2) is 0 Å². The average Bonchev–Trinajstić information content (AvgIpc) is 3.13. The van der Waals surface area contributed by atoms with E-state index in [1.807, 2.05) is 19.9 Å². The standard InChI is InChI=1S/C17H16Cl3N5O/c1-3-25-10(2)12(7-21-25)17(26)22-16-15(20)9-24(23-16)8-11-4-5-13(18)14(19)6-11/h4-7,9H,3,8H2,1-2H3,(H,22,23,26). The van der Waals surface area contributed by atoms with Crippen LogP contribution in [0, 0.1) is 6.92 Å². The molecule has 0 saturated heterocycles. The van der Waals surface area contributed by atoms with E-state index in [0.717, 1.165) is 11.3 Å². The Morgan fingerprint density at radius 3 is 2.62 bits per heavy atom. The number of aromatic nitrogens is 4. The first kappa shape index (κ1) is 18.8. The topological polar surface area (TPSA) is 64.7 Å². The third kappa shape index (κ3) is 3.87. The fourth-order valence-electron chi connectivity index (χ4n) is 2.55. The summed E-state index contributed by atoms with van der Waals surface area (Å²) >= 11 is 18.2. The lowest BCUT2D eigenvalue weighted by molar-refractivity contribution is 0.102. The lowest BCUT2D eigenvalue weighted by atomic mass is 10.2. The maximum absolute atomic E-state index is 12.5. The van der Waals surface area contributed by atoms with Crippen molar-refractivity contribution in [3.05, 3.63) is 62.5 Å². The minimum atomic E-state index is -0.302. The Morgan fingerprint density at radius 2 is 1.96 bits per heavy atom. The molecule has 2 aromatic heterocycles. The molecule has 2 heterocycles. The molecule has 0 saturated carbocycles. The molecule has 0 aliphatic carbocycles. The zero-order chi connectivity index (χ0) is 18.8. The summed E-state index contributed by atoms with van der Waals surface area (Å²) in [6.45, 7) is 4.94. The number of amides is 1. The van der Waals surface area contributed by atoms with E-state index in [2.05, 4.69) is 15.5 Å². The molecule has 0 unspecified atom stereocenters. The molecule has 0 fully saturated rings. The van der Waals surface area contributed by atoms with Gasteiger partial charge in [0.2, 0.25) is 0 Å². The highest BCUT2D eigenvalue weighted by atomic mass is 35.5. The zero-order valence-corrected chi connectivity index (χ0v) is 16.4. The Balaban J connectivity index is 1.76. The Labute approximate surface area is 165 Å². The van der Waals surface area contributed by atoms with Gasteiger partial charge in [0.1, 0.15) is 5.02 Å². The Bertz CT molecular complexity index is 963. The van der Waals surface area contributed by atoms with E-state index in [9.17, 15) is 4.79 Å². The quantitative estimate of drug-likeness (QED) is 0.662. The first-order chi connectivity index (χ1) is 12.4. The van der Waals surface area contributed by atoms with Crippen molar-refractivity contribution in [2.24, 2.45) is 0 Å². The monoisotopic (exact) mass is 411 g/mol. The second-order valence-electron chi connectivity index (χ2n) is 5.69. The van der Waals surface area contributed by atoms with Crippen LogP contribution in [0.1, 0.15) is 28.5 Å². The number of aryl methyl sites for hydroxylation is 1. The largest absolute Gasteiger partial charge is 0.304 e. The number of nitrogens with zero attached hydrogens (tertiary/aromatic N) is 4. The number of halogens is 3. The summed E-state index contributed by atoms with van der Waals surface area (Å²) in [5.74, 6) is -0.00994. The SMILES string of the molecule is CCn1ncc(C(=O)Nc2nn(Cc3ccc(Cl)c(Cl)c3)cc2Cl)c1C. The van der Waals surface area contributed by atoms with Crippen molar-refractivity contribution in [1.82, 2.24) is 19.6 Å². The molecule has 0 bridgehead atoms. The summed E-state index contributed by atoms with van der Waals surface area (Å²) in [5.41, 5.74) is 2.19. The van der Waals surface area contributed by atoms with Gasteiger partial charge >= 0.3 is 0 Å². The maximum Gasteiger partial charge on any atom is 0.260 e. The van der Waals surface area contributed by atoms with Crippen LogP contribution in [0.25, 0.3) is 0 Å². The predicted octanol–water partition coefficient (Wildman–Crippen LogP) is 4.67. The van der Waals surface area contributed by atoms with Gasteiger partial charge in [-0.15, -0.1) is 0 Å². The van der Waals surface area contributed by atoms with Gasteiger partial charge in [0.05, 0.1) is 28.4 Å². The predicted molar refractivity (Wildman–Crippen MR) is 103 cm³/mol. The van der Waals surface area contributed by atoms with Crippen LogP contribution >= 0.6 is 34.8 Å². The molecule has 0 radical (unpaired) electrons. The fourth-order valence-corrected chi connectivity index (χ4v) is 3.07. The molecular weight excluding hydrogens is 397 g/mol. The van der Waals surface area contributed by atoms with Gasteiger partial charge in [-0.3, -0.25) is 14.2 Å². The van der Waals surface area contributed by atoms with E-state index in [1.165, 1.54) is 6.20 Å². The van der Waals surface area contributed by atoms with E-state index < -0.39 is 0 Å². The van der Waals surface area contributed by atoms with Gasteiger partial charge in [0.15, 0.2) is 5.82 Å². The number of nitrogens with one attached hydrogen (secondary N) is 1. The lowest BCUT2D eigenvalue weighted by Crippen LogP contribution is -2.14. The van der Waals surface area contributed by atoms with E-state index in [4.69, 9.17) is 34.8 Å². The van der Waals surface area contributed by atoms with E-state index in [0.29, 0.717) is 39.5 Å². The first-order valence-electron chi connectivity index (χ1n) is 7.89. The molecule has 0 aliphatic heterocycles. The number of hydrogen-bond acceptors (Lipinski definition) is 3. The highest BCUT2D eigenvalue weighted by Crippen LogP contribution is 2.25. The van der Waals surface area contributed by atoms with Crippen molar-refractivity contribution in [3.63, 3.8) is 0 Å². The lowest BCUT2D eigenvalue weighted by Gasteiger charge is -2.04. The van der Waals surface area contributed by atoms with Gasteiger partial charge in [-0.05, 0) is 31.5 Å². The van der Waals surface area contributed by atoms with Crippen LogP contribution in [0.2, 0.25) is 15.1 Å². The minimum Gasteiger partial charge on any atom is -0.304 e. The number of hydrogen-bond donors (Lipinski definition) is 1. The molecule has 6 nitrogen and oxygen atoms in total. The van der Waals surface area contributed by atoms with Crippen LogP contribution in [0.5, 0.6) is 0 Å². The number of carbonyl (C=O) groups excluding carboxylic acids is 1. The summed E-state index contributed by atoms with van der Waals surface area (Å²) in [4.78, 5) is 12.5. The summed E-state index contributed by atoms with van der Waals surface area (Å²) in [6.07, 6.45) is 3.18. The van der Waals surface area contributed by atoms with Crippen LogP contribution in [-0.2, 0) is 13.1 Å². The number of rotatable bonds is 5. The molecule has 26 heavy (non-hydrogen) atoms. The Morgan fingerprint density at radius 1 is 1.19 bits per heavy atom. The van der Waals surface area contributed by atoms with Crippen LogP contribution < -0.4 is 5.32 Å². The summed E-state index contributed by atoms with van der Waals surface area (Å²) in [6, 6.07) is 5.34. The molecule has 0 aliphatic rings. The Hall–Kier alpha value is -2.02. The normalized spacial score (nSPS) is 11.0. The highest BCUT2D eigenvalue weighted by Gasteiger charge is 2.17. The molecule has 3 rings (SSSR count).